The van der Waals surface area contributed by atoms with Crippen LogP contribution in [0.3, 0.4) is 0 Å². The molecule has 1 aliphatic carbocycles. The molecule has 1 heteroatoms. The van der Waals surface area contributed by atoms with Crippen molar-refractivity contribution in [3.63, 3.8) is 0 Å². The Labute approximate surface area is 74.2 Å². The maximum Gasteiger partial charge on any atom is 0.0804 e. The number of hydrogen-bond acceptors (Lipinski definition) is 1. The second-order valence-corrected chi connectivity index (χ2v) is 3.27. The predicted molar refractivity (Wildman–Crippen MR) is 54.5 cm³/mol. The minimum absolute atomic E-state index is 0.201. The number of hydrogen-bond donors (Lipinski definition) is 0. The summed E-state index contributed by atoms with van der Waals surface area (Å²) in [5.41, 5.74) is 2.30. The molecule has 64 valence electrons. The Balaban J connectivity index is 2.96. The molecule has 2 unspecified atom stereocenters. The summed E-state index contributed by atoms with van der Waals surface area (Å²) >= 11 is 0. The van der Waals surface area contributed by atoms with Gasteiger partial charge in [0, 0.05) is 5.92 Å². The average molecular weight is 161 g/mol. The first-order chi connectivity index (χ1) is 5.66. The molecule has 12 heavy (non-hydrogen) atoms. The molecule has 0 aromatic heterocycles. The van der Waals surface area contributed by atoms with Gasteiger partial charge in [0.15, 0.2) is 0 Å². The monoisotopic (exact) mass is 161 g/mol. The molecular formula is C11H15N. The summed E-state index contributed by atoms with van der Waals surface area (Å²) in [4.78, 5) is 4.10. The van der Waals surface area contributed by atoms with E-state index in [-0.39, 0.29) is 6.04 Å². The number of allylic oxidation sites excluding steroid dienone is 2. The van der Waals surface area contributed by atoms with Gasteiger partial charge in [0.1, 0.15) is 0 Å². The van der Waals surface area contributed by atoms with Crippen LogP contribution in [0.2, 0.25) is 0 Å². The van der Waals surface area contributed by atoms with Gasteiger partial charge in [0.2, 0.25) is 0 Å². The Morgan fingerprint density at radius 1 is 1.58 bits per heavy atom. The van der Waals surface area contributed by atoms with E-state index in [0.29, 0.717) is 5.92 Å². The van der Waals surface area contributed by atoms with Gasteiger partial charge in [-0.1, -0.05) is 37.3 Å². The van der Waals surface area contributed by atoms with Crippen LogP contribution >= 0.6 is 0 Å². The predicted octanol–water partition coefficient (Wildman–Crippen LogP) is 2.76. The summed E-state index contributed by atoms with van der Waals surface area (Å²) in [6, 6.07) is 0.201. The maximum atomic E-state index is 4.10. The second-order valence-electron chi connectivity index (χ2n) is 3.27. The van der Waals surface area contributed by atoms with Crippen LogP contribution in [0.4, 0.5) is 0 Å². The van der Waals surface area contributed by atoms with Gasteiger partial charge in [-0.25, -0.2) is 0 Å². The van der Waals surface area contributed by atoms with Crippen molar-refractivity contribution in [2.75, 3.05) is 0 Å². The van der Waals surface area contributed by atoms with Crippen LogP contribution in [0.5, 0.6) is 0 Å². The first-order valence-electron chi connectivity index (χ1n) is 4.17. The fourth-order valence-electron chi connectivity index (χ4n) is 1.48. The van der Waals surface area contributed by atoms with Crippen molar-refractivity contribution in [3.05, 3.63) is 36.0 Å². The molecule has 1 aliphatic rings. The minimum atomic E-state index is 0.201. The van der Waals surface area contributed by atoms with Gasteiger partial charge in [0.05, 0.1) is 6.04 Å². The zero-order chi connectivity index (χ0) is 9.14. The zero-order valence-electron chi connectivity index (χ0n) is 7.75. The van der Waals surface area contributed by atoms with Gasteiger partial charge in [-0.2, -0.15) is 0 Å². The van der Waals surface area contributed by atoms with E-state index in [1.165, 1.54) is 5.57 Å². The Hall–Kier alpha value is -1.11. The highest BCUT2D eigenvalue weighted by molar-refractivity contribution is 5.41. The number of nitrogens with zero attached hydrogens (tertiary/aromatic N) is 1. The van der Waals surface area contributed by atoms with E-state index < -0.39 is 0 Å². The molecule has 1 rings (SSSR count). The molecule has 0 fully saturated rings. The van der Waals surface area contributed by atoms with E-state index in [2.05, 4.69) is 43.4 Å². The third-order valence-corrected chi connectivity index (χ3v) is 2.20. The van der Waals surface area contributed by atoms with Gasteiger partial charge in [-0.05, 0) is 19.2 Å². The van der Waals surface area contributed by atoms with E-state index in [9.17, 15) is 0 Å². The molecule has 0 aromatic carbocycles. The third-order valence-electron chi connectivity index (χ3n) is 2.20. The lowest BCUT2D eigenvalue weighted by atomic mass is 9.87. The molecule has 0 N–H and O–H groups in total. The van der Waals surface area contributed by atoms with Crippen LogP contribution in [-0.4, -0.2) is 12.8 Å². The Morgan fingerprint density at radius 3 is 2.67 bits per heavy atom. The Kier molecular flexibility index (Phi) is 2.64. The molecule has 0 aliphatic heterocycles. The van der Waals surface area contributed by atoms with Crippen LogP contribution < -0.4 is 0 Å². The van der Waals surface area contributed by atoms with E-state index in [4.69, 9.17) is 0 Å². The van der Waals surface area contributed by atoms with Crippen molar-refractivity contribution in [2.24, 2.45) is 10.9 Å². The average Bonchev–Trinajstić information content (AvgIpc) is 2.03. The van der Waals surface area contributed by atoms with Crippen LogP contribution in [0.25, 0.3) is 0 Å². The van der Waals surface area contributed by atoms with Crippen molar-refractivity contribution in [1.29, 1.82) is 0 Å². The smallest absolute Gasteiger partial charge is 0.0804 e. The topological polar surface area (TPSA) is 12.4 Å². The van der Waals surface area contributed by atoms with Crippen molar-refractivity contribution in [3.8, 4) is 0 Å². The fraction of sp³-hybridized carbons (Fsp3) is 0.364. The standard InChI is InChI=1S/C11H15N/c1-8(2)10-7-5-6-9(3)11(10)12-4/h5-7,9,11H,1,4H2,2-3H3. The molecule has 0 saturated carbocycles. The molecule has 0 heterocycles. The van der Waals surface area contributed by atoms with E-state index in [1.54, 1.807) is 0 Å². The van der Waals surface area contributed by atoms with Crippen LogP contribution in [-0.2, 0) is 0 Å². The SMILES string of the molecule is C=NC1C(C(=C)C)=CC=CC1C. The van der Waals surface area contributed by atoms with E-state index in [0.717, 1.165) is 5.57 Å². The number of rotatable bonds is 2. The van der Waals surface area contributed by atoms with Crippen molar-refractivity contribution in [2.45, 2.75) is 19.9 Å². The van der Waals surface area contributed by atoms with E-state index >= 15 is 0 Å². The van der Waals surface area contributed by atoms with Gasteiger partial charge in [0.25, 0.3) is 0 Å². The quantitative estimate of drug-likeness (QED) is 0.552. The molecular weight excluding hydrogens is 146 g/mol. The first-order valence-corrected chi connectivity index (χ1v) is 4.17. The Morgan fingerprint density at radius 2 is 2.25 bits per heavy atom. The summed E-state index contributed by atoms with van der Waals surface area (Å²) < 4.78 is 0. The lowest BCUT2D eigenvalue weighted by Gasteiger charge is -2.23. The normalized spacial score (nSPS) is 28.0. The summed E-state index contributed by atoms with van der Waals surface area (Å²) in [5, 5.41) is 0. The third kappa shape index (κ3) is 1.55. The highest BCUT2D eigenvalue weighted by Crippen LogP contribution is 2.26. The van der Waals surface area contributed by atoms with Crippen molar-refractivity contribution in [1.82, 2.24) is 0 Å². The van der Waals surface area contributed by atoms with Gasteiger partial charge in [-0.3, -0.25) is 4.99 Å². The first kappa shape index (κ1) is 8.98. The highest BCUT2D eigenvalue weighted by atomic mass is 14.8. The lowest BCUT2D eigenvalue weighted by Crippen LogP contribution is -2.19. The molecule has 0 radical (unpaired) electrons. The summed E-state index contributed by atoms with van der Waals surface area (Å²) in [7, 11) is 0. The summed E-state index contributed by atoms with van der Waals surface area (Å²) in [6.45, 7) is 11.7. The number of aliphatic imine (C=N–C) groups is 1. The Bertz CT molecular complexity index is 258. The van der Waals surface area contributed by atoms with Gasteiger partial charge in [-0.15, -0.1) is 0 Å². The van der Waals surface area contributed by atoms with Crippen LogP contribution in [0, 0.1) is 5.92 Å². The largest absolute Gasteiger partial charge is 0.292 e. The minimum Gasteiger partial charge on any atom is -0.292 e. The molecule has 0 aromatic rings. The molecule has 0 saturated heterocycles. The van der Waals surface area contributed by atoms with E-state index in [1.807, 2.05) is 6.92 Å². The van der Waals surface area contributed by atoms with Crippen LogP contribution in [0.1, 0.15) is 13.8 Å². The maximum absolute atomic E-state index is 4.10. The summed E-state index contributed by atoms with van der Waals surface area (Å²) in [5.74, 6) is 0.444. The molecule has 0 amide bonds. The molecule has 0 spiro atoms. The second kappa shape index (κ2) is 3.53. The van der Waals surface area contributed by atoms with Gasteiger partial charge >= 0.3 is 0 Å². The zero-order valence-corrected chi connectivity index (χ0v) is 7.75. The van der Waals surface area contributed by atoms with Crippen molar-refractivity contribution >= 4 is 6.72 Å². The molecule has 0 bridgehead atoms. The van der Waals surface area contributed by atoms with Gasteiger partial charge < -0.3 is 0 Å². The lowest BCUT2D eigenvalue weighted by molar-refractivity contribution is 0.607. The van der Waals surface area contributed by atoms with Crippen molar-refractivity contribution < 1.29 is 0 Å². The summed E-state index contributed by atoms with van der Waals surface area (Å²) in [6.07, 6.45) is 6.28. The fourth-order valence-corrected chi connectivity index (χ4v) is 1.48. The molecule has 2 atom stereocenters. The van der Waals surface area contributed by atoms with Crippen LogP contribution in [0.15, 0.2) is 40.9 Å². The highest BCUT2D eigenvalue weighted by Gasteiger charge is 2.19. The molecule has 1 nitrogen and oxygen atoms in total.